The second-order valence-electron chi connectivity index (χ2n) is 6.73. The smallest absolute Gasteiger partial charge is 0.329 e. The molecule has 0 rings (SSSR count). The third-order valence-electron chi connectivity index (χ3n) is 4.43. The molecule has 0 aromatic carbocycles. The van der Waals surface area contributed by atoms with Crippen molar-refractivity contribution in [3.63, 3.8) is 0 Å². The highest BCUT2D eigenvalue weighted by molar-refractivity contribution is 5.67. The number of ether oxygens (including phenoxy) is 1. The molecule has 0 aromatic heterocycles. The van der Waals surface area contributed by atoms with Crippen LogP contribution in [-0.4, -0.2) is 37.9 Å². The number of hydrogen-bond donors (Lipinski definition) is 2. The van der Waals surface area contributed by atoms with Gasteiger partial charge in [-0.05, 0) is 58.5 Å². The Balaban J connectivity index is 3.87. The summed E-state index contributed by atoms with van der Waals surface area (Å²) in [4.78, 5) is 10.3. The van der Waals surface area contributed by atoms with E-state index in [4.69, 9.17) is 9.84 Å². The molecule has 0 aromatic rings. The number of unbranched alkanes of at least 4 members (excludes halogenated alkanes) is 5. The third-order valence-corrected chi connectivity index (χ3v) is 4.43. The maximum Gasteiger partial charge on any atom is 0.329 e. The zero-order chi connectivity index (χ0) is 18.8. The summed E-state index contributed by atoms with van der Waals surface area (Å²) < 4.78 is 5.05. The van der Waals surface area contributed by atoms with Gasteiger partial charge in [0, 0.05) is 6.61 Å². The molecule has 0 amide bonds. The van der Waals surface area contributed by atoms with Crippen molar-refractivity contribution < 1.29 is 14.6 Å². The number of carboxylic acids is 1. The first-order valence-corrected chi connectivity index (χ1v) is 9.87. The second kappa shape index (κ2) is 17.7. The SMILES string of the molecule is C/C=C\C=C(\CCCCCCCOCC(=O)O)C(C)CCCCNC. The lowest BCUT2D eigenvalue weighted by molar-refractivity contribution is -0.142. The number of carbonyl (C=O) groups is 1. The van der Waals surface area contributed by atoms with E-state index in [-0.39, 0.29) is 6.61 Å². The van der Waals surface area contributed by atoms with Crippen LogP contribution >= 0.6 is 0 Å². The van der Waals surface area contributed by atoms with E-state index in [1.807, 2.05) is 7.05 Å². The van der Waals surface area contributed by atoms with E-state index < -0.39 is 5.97 Å². The summed E-state index contributed by atoms with van der Waals surface area (Å²) in [6, 6.07) is 0. The molecule has 146 valence electrons. The van der Waals surface area contributed by atoms with Gasteiger partial charge in [0.25, 0.3) is 0 Å². The van der Waals surface area contributed by atoms with Crippen LogP contribution in [0.15, 0.2) is 23.8 Å². The fourth-order valence-corrected chi connectivity index (χ4v) is 2.87. The predicted octanol–water partition coefficient (Wildman–Crippen LogP) is 4.96. The van der Waals surface area contributed by atoms with Gasteiger partial charge in [-0.2, -0.15) is 0 Å². The van der Waals surface area contributed by atoms with E-state index in [9.17, 15) is 4.79 Å². The first-order valence-electron chi connectivity index (χ1n) is 9.87. The van der Waals surface area contributed by atoms with Crippen LogP contribution in [0.3, 0.4) is 0 Å². The molecule has 0 saturated heterocycles. The van der Waals surface area contributed by atoms with Gasteiger partial charge in [-0.1, -0.05) is 56.4 Å². The van der Waals surface area contributed by atoms with Crippen LogP contribution in [0, 0.1) is 5.92 Å². The lowest BCUT2D eigenvalue weighted by Crippen LogP contribution is -2.08. The summed E-state index contributed by atoms with van der Waals surface area (Å²) in [7, 11) is 2.01. The number of carboxylic acid groups (broad SMARTS) is 1. The second-order valence-corrected chi connectivity index (χ2v) is 6.73. The summed E-state index contributed by atoms with van der Waals surface area (Å²) in [5, 5.41) is 11.7. The molecule has 25 heavy (non-hydrogen) atoms. The Morgan fingerprint density at radius 3 is 2.52 bits per heavy atom. The average molecular weight is 354 g/mol. The minimum absolute atomic E-state index is 0.175. The highest BCUT2D eigenvalue weighted by Crippen LogP contribution is 2.23. The summed E-state index contributed by atoms with van der Waals surface area (Å²) in [6.07, 6.45) is 17.3. The third kappa shape index (κ3) is 16.1. The number of rotatable bonds is 17. The maximum atomic E-state index is 10.3. The van der Waals surface area contributed by atoms with Crippen molar-refractivity contribution >= 4 is 5.97 Å². The van der Waals surface area contributed by atoms with Crippen molar-refractivity contribution in [1.82, 2.24) is 5.32 Å². The Bertz CT molecular complexity index is 377. The van der Waals surface area contributed by atoms with Crippen LogP contribution in [0.5, 0.6) is 0 Å². The Labute approximate surface area is 154 Å². The van der Waals surface area contributed by atoms with Gasteiger partial charge in [-0.25, -0.2) is 4.79 Å². The highest BCUT2D eigenvalue weighted by atomic mass is 16.5. The summed E-state index contributed by atoms with van der Waals surface area (Å²) >= 11 is 0. The monoisotopic (exact) mass is 353 g/mol. The Morgan fingerprint density at radius 1 is 1.12 bits per heavy atom. The van der Waals surface area contributed by atoms with E-state index >= 15 is 0 Å². The Hall–Kier alpha value is -1.13. The predicted molar refractivity (Wildman–Crippen MR) is 106 cm³/mol. The van der Waals surface area contributed by atoms with E-state index in [0.717, 1.165) is 19.4 Å². The van der Waals surface area contributed by atoms with E-state index in [0.29, 0.717) is 12.5 Å². The van der Waals surface area contributed by atoms with Gasteiger partial charge in [0.1, 0.15) is 6.61 Å². The van der Waals surface area contributed by atoms with Gasteiger partial charge < -0.3 is 15.2 Å². The fourth-order valence-electron chi connectivity index (χ4n) is 2.87. The molecular weight excluding hydrogens is 314 g/mol. The van der Waals surface area contributed by atoms with Crippen molar-refractivity contribution in [3.8, 4) is 0 Å². The number of allylic oxidation sites excluding steroid dienone is 4. The van der Waals surface area contributed by atoms with Crippen molar-refractivity contribution in [2.75, 3.05) is 26.8 Å². The molecule has 0 heterocycles. The van der Waals surface area contributed by atoms with Crippen molar-refractivity contribution in [3.05, 3.63) is 23.8 Å². The Kier molecular flexibility index (Phi) is 16.9. The molecule has 4 nitrogen and oxygen atoms in total. The summed E-state index contributed by atoms with van der Waals surface area (Å²) in [5.74, 6) is -0.224. The van der Waals surface area contributed by atoms with Crippen molar-refractivity contribution in [1.29, 1.82) is 0 Å². The first kappa shape index (κ1) is 23.9. The molecule has 0 aliphatic rings. The molecule has 1 unspecified atom stereocenters. The molecule has 0 fully saturated rings. The van der Waals surface area contributed by atoms with Crippen LogP contribution in [0.4, 0.5) is 0 Å². The largest absolute Gasteiger partial charge is 0.480 e. The molecule has 0 saturated carbocycles. The number of nitrogens with one attached hydrogen (secondary N) is 1. The van der Waals surface area contributed by atoms with E-state index in [1.165, 1.54) is 44.9 Å². The average Bonchev–Trinajstić information content (AvgIpc) is 2.59. The van der Waals surface area contributed by atoms with E-state index in [2.05, 4.69) is 37.4 Å². The molecule has 0 aliphatic carbocycles. The molecule has 1 atom stereocenters. The standard InChI is InChI=1S/C21H39NO3/c1-4-5-14-20(19(2)13-10-11-16-22-3)15-9-7-6-8-12-17-25-18-21(23)24/h4-5,14,19,22H,6-13,15-18H2,1-3H3,(H,23,24)/b5-4-,20-14-. The maximum absolute atomic E-state index is 10.3. The fraction of sp³-hybridized carbons (Fsp3) is 0.762. The van der Waals surface area contributed by atoms with Crippen LogP contribution in [0.1, 0.15) is 71.6 Å². The van der Waals surface area contributed by atoms with Gasteiger partial charge in [0.15, 0.2) is 0 Å². The molecule has 0 radical (unpaired) electrons. The number of hydrogen-bond acceptors (Lipinski definition) is 3. The molecule has 2 N–H and O–H groups in total. The lowest BCUT2D eigenvalue weighted by atomic mass is 9.90. The van der Waals surface area contributed by atoms with Crippen molar-refractivity contribution in [2.24, 2.45) is 5.92 Å². The molecular formula is C21H39NO3. The summed E-state index contributed by atoms with van der Waals surface area (Å²) in [5.41, 5.74) is 1.58. The zero-order valence-corrected chi connectivity index (χ0v) is 16.6. The number of aliphatic carboxylic acids is 1. The minimum atomic E-state index is -0.888. The minimum Gasteiger partial charge on any atom is -0.480 e. The van der Waals surface area contributed by atoms with Crippen LogP contribution in [0.25, 0.3) is 0 Å². The van der Waals surface area contributed by atoms with Gasteiger partial charge in [0.05, 0.1) is 0 Å². The van der Waals surface area contributed by atoms with Crippen LogP contribution < -0.4 is 5.32 Å². The van der Waals surface area contributed by atoms with Crippen LogP contribution in [-0.2, 0) is 9.53 Å². The van der Waals surface area contributed by atoms with Gasteiger partial charge in [-0.3, -0.25) is 0 Å². The van der Waals surface area contributed by atoms with Crippen molar-refractivity contribution in [2.45, 2.75) is 71.6 Å². The summed E-state index contributed by atoms with van der Waals surface area (Å²) in [6.45, 7) is 5.91. The topological polar surface area (TPSA) is 58.6 Å². The van der Waals surface area contributed by atoms with Gasteiger partial charge in [-0.15, -0.1) is 0 Å². The zero-order valence-electron chi connectivity index (χ0n) is 16.6. The first-order chi connectivity index (χ1) is 12.1. The highest BCUT2D eigenvalue weighted by Gasteiger charge is 2.08. The van der Waals surface area contributed by atoms with Crippen LogP contribution in [0.2, 0.25) is 0 Å². The van der Waals surface area contributed by atoms with Gasteiger partial charge >= 0.3 is 5.97 Å². The molecule has 4 heteroatoms. The normalized spacial score (nSPS) is 13.5. The Morgan fingerprint density at radius 2 is 1.84 bits per heavy atom. The molecule has 0 spiro atoms. The molecule has 0 aliphatic heterocycles. The van der Waals surface area contributed by atoms with Gasteiger partial charge in [0.2, 0.25) is 0 Å². The quantitative estimate of drug-likeness (QED) is 0.287. The lowest BCUT2D eigenvalue weighted by Gasteiger charge is -2.16. The van der Waals surface area contributed by atoms with E-state index in [1.54, 1.807) is 5.57 Å². The molecule has 0 bridgehead atoms.